The summed E-state index contributed by atoms with van der Waals surface area (Å²) in [5.41, 5.74) is 6.59. The fourth-order valence-electron chi connectivity index (χ4n) is 1.74. The van der Waals surface area contributed by atoms with Crippen LogP contribution in [0.3, 0.4) is 0 Å². The lowest BCUT2D eigenvalue weighted by Crippen LogP contribution is -2.43. The number of nitrogens with one attached hydrogen (secondary N) is 2. The summed E-state index contributed by atoms with van der Waals surface area (Å²) in [6.45, 7) is 1.99. The number of hydrogen-bond acceptors (Lipinski definition) is 3. The van der Waals surface area contributed by atoms with E-state index in [2.05, 4.69) is 10.6 Å². The van der Waals surface area contributed by atoms with Crippen molar-refractivity contribution in [2.24, 2.45) is 5.73 Å². The molecule has 3 amide bonds. The molecule has 0 fully saturated rings. The highest BCUT2D eigenvalue weighted by Crippen LogP contribution is 2.11. The van der Waals surface area contributed by atoms with Gasteiger partial charge in [0.2, 0.25) is 5.91 Å². The molecule has 1 unspecified atom stereocenters. The molecule has 1 aromatic carbocycles. The number of aryl methyl sites for hydroxylation is 1. The zero-order valence-corrected chi connectivity index (χ0v) is 11.8. The first-order chi connectivity index (χ1) is 9.92. The SMILES string of the molecule is CCc1cccc(NC(=O)NC(CCC(N)=O)C(=O)O)c1. The van der Waals surface area contributed by atoms with Crippen LogP contribution in [0, 0.1) is 0 Å². The van der Waals surface area contributed by atoms with Gasteiger partial charge in [0.1, 0.15) is 6.04 Å². The zero-order valence-electron chi connectivity index (χ0n) is 11.8. The number of benzene rings is 1. The van der Waals surface area contributed by atoms with Gasteiger partial charge in [-0.1, -0.05) is 19.1 Å². The molecule has 0 saturated carbocycles. The van der Waals surface area contributed by atoms with Crippen molar-refractivity contribution < 1.29 is 19.5 Å². The summed E-state index contributed by atoms with van der Waals surface area (Å²) in [6, 6.07) is 5.44. The summed E-state index contributed by atoms with van der Waals surface area (Å²) >= 11 is 0. The molecule has 1 atom stereocenters. The van der Waals surface area contributed by atoms with Gasteiger partial charge in [0, 0.05) is 12.1 Å². The molecular formula is C14H19N3O4. The molecule has 0 aromatic heterocycles. The molecule has 0 saturated heterocycles. The smallest absolute Gasteiger partial charge is 0.326 e. The minimum Gasteiger partial charge on any atom is -0.480 e. The van der Waals surface area contributed by atoms with Gasteiger partial charge in [-0.05, 0) is 30.5 Å². The van der Waals surface area contributed by atoms with Crippen LogP contribution in [-0.4, -0.2) is 29.1 Å². The van der Waals surface area contributed by atoms with Crippen molar-refractivity contribution in [2.45, 2.75) is 32.2 Å². The van der Waals surface area contributed by atoms with E-state index < -0.39 is 23.9 Å². The number of hydrogen-bond donors (Lipinski definition) is 4. The van der Waals surface area contributed by atoms with Crippen LogP contribution in [-0.2, 0) is 16.0 Å². The Hall–Kier alpha value is -2.57. The normalized spacial score (nSPS) is 11.5. The van der Waals surface area contributed by atoms with Crippen molar-refractivity contribution >= 4 is 23.6 Å². The van der Waals surface area contributed by atoms with E-state index >= 15 is 0 Å². The molecule has 0 spiro atoms. The second kappa shape index (κ2) is 7.88. The zero-order chi connectivity index (χ0) is 15.8. The van der Waals surface area contributed by atoms with Crippen molar-refractivity contribution in [1.82, 2.24) is 5.32 Å². The number of anilines is 1. The first-order valence-corrected chi connectivity index (χ1v) is 6.60. The molecular weight excluding hydrogens is 274 g/mol. The van der Waals surface area contributed by atoms with Crippen molar-refractivity contribution in [3.63, 3.8) is 0 Å². The third kappa shape index (κ3) is 5.94. The summed E-state index contributed by atoms with van der Waals surface area (Å²) in [6.07, 6.45) is 0.670. The Morgan fingerprint density at radius 1 is 1.33 bits per heavy atom. The van der Waals surface area contributed by atoms with E-state index in [0.29, 0.717) is 5.69 Å². The molecule has 7 nitrogen and oxygen atoms in total. The minimum absolute atomic E-state index is 0.0485. The van der Waals surface area contributed by atoms with Crippen LogP contribution in [0.25, 0.3) is 0 Å². The standard InChI is InChI=1S/C14H19N3O4/c1-2-9-4-3-5-10(8-9)16-14(21)17-11(13(19)20)6-7-12(15)18/h3-5,8,11H,2,6-7H2,1H3,(H2,15,18)(H,19,20)(H2,16,17,21). The predicted molar refractivity (Wildman–Crippen MR) is 77.8 cm³/mol. The maximum atomic E-state index is 11.8. The van der Waals surface area contributed by atoms with Crippen molar-refractivity contribution in [1.29, 1.82) is 0 Å². The average molecular weight is 293 g/mol. The van der Waals surface area contributed by atoms with Crippen LogP contribution in [0.1, 0.15) is 25.3 Å². The van der Waals surface area contributed by atoms with Gasteiger partial charge >= 0.3 is 12.0 Å². The predicted octanol–water partition coefficient (Wildman–Crippen LogP) is 1.09. The van der Waals surface area contributed by atoms with Gasteiger partial charge < -0.3 is 21.5 Å². The molecule has 21 heavy (non-hydrogen) atoms. The third-order valence-electron chi connectivity index (χ3n) is 2.88. The number of aliphatic carboxylic acids is 1. The number of carbonyl (C=O) groups is 3. The lowest BCUT2D eigenvalue weighted by molar-refractivity contribution is -0.139. The number of carbonyl (C=O) groups excluding carboxylic acids is 2. The number of carboxylic acids is 1. The Morgan fingerprint density at radius 2 is 2.05 bits per heavy atom. The maximum Gasteiger partial charge on any atom is 0.326 e. The van der Waals surface area contributed by atoms with Crippen molar-refractivity contribution in [3.8, 4) is 0 Å². The minimum atomic E-state index is -1.21. The highest BCUT2D eigenvalue weighted by molar-refractivity contribution is 5.92. The number of nitrogens with two attached hydrogens (primary N) is 1. The van der Waals surface area contributed by atoms with E-state index in [1.165, 1.54) is 0 Å². The van der Waals surface area contributed by atoms with Gasteiger partial charge in [-0.3, -0.25) is 4.79 Å². The van der Waals surface area contributed by atoms with E-state index in [1.54, 1.807) is 18.2 Å². The van der Waals surface area contributed by atoms with Gasteiger partial charge in [-0.2, -0.15) is 0 Å². The van der Waals surface area contributed by atoms with E-state index in [4.69, 9.17) is 10.8 Å². The van der Waals surface area contributed by atoms with E-state index in [0.717, 1.165) is 12.0 Å². The number of urea groups is 1. The van der Waals surface area contributed by atoms with Gasteiger partial charge in [-0.15, -0.1) is 0 Å². The maximum absolute atomic E-state index is 11.8. The van der Waals surface area contributed by atoms with Crippen LogP contribution in [0.15, 0.2) is 24.3 Å². The summed E-state index contributed by atoms with van der Waals surface area (Å²) in [5, 5.41) is 13.8. The Kier molecular flexibility index (Phi) is 6.19. The fourth-order valence-corrected chi connectivity index (χ4v) is 1.74. The van der Waals surface area contributed by atoms with Gasteiger partial charge in [0.15, 0.2) is 0 Å². The molecule has 1 rings (SSSR count). The first kappa shape index (κ1) is 16.5. The summed E-state index contributed by atoms with van der Waals surface area (Å²) in [7, 11) is 0. The third-order valence-corrected chi connectivity index (χ3v) is 2.88. The summed E-state index contributed by atoms with van der Waals surface area (Å²) in [5.74, 6) is -1.83. The highest BCUT2D eigenvalue weighted by atomic mass is 16.4. The highest BCUT2D eigenvalue weighted by Gasteiger charge is 2.20. The molecule has 114 valence electrons. The molecule has 0 aliphatic rings. The number of primary amides is 1. The van der Waals surface area contributed by atoms with Gasteiger partial charge in [0.25, 0.3) is 0 Å². The van der Waals surface area contributed by atoms with E-state index in [-0.39, 0.29) is 12.8 Å². The quantitative estimate of drug-likeness (QED) is 0.601. The summed E-state index contributed by atoms with van der Waals surface area (Å²) in [4.78, 5) is 33.5. The topological polar surface area (TPSA) is 122 Å². The lowest BCUT2D eigenvalue weighted by Gasteiger charge is -2.14. The Balaban J connectivity index is 2.60. The molecule has 0 aliphatic carbocycles. The largest absolute Gasteiger partial charge is 0.480 e. The van der Waals surface area contributed by atoms with Crippen LogP contribution >= 0.6 is 0 Å². The molecule has 1 aromatic rings. The second-order valence-corrected chi connectivity index (χ2v) is 4.55. The van der Waals surface area contributed by atoms with E-state index in [9.17, 15) is 14.4 Å². The lowest BCUT2D eigenvalue weighted by atomic mass is 10.1. The van der Waals surface area contributed by atoms with Crippen molar-refractivity contribution in [3.05, 3.63) is 29.8 Å². The molecule has 5 N–H and O–H groups in total. The first-order valence-electron chi connectivity index (χ1n) is 6.60. The number of amides is 3. The summed E-state index contributed by atoms with van der Waals surface area (Å²) < 4.78 is 0. The van der Waals surface area contributed by atoms with Crippen LogP contribution in [0.2, 0.25) is 0 Å². The van der Waals surface area contributed by atoms with Crippen LogP contribution < -0.4 is 16.4 Å². The van der Waals surface area contributed by atoms with Crippen molar-refractivity contribution in [2.75, 3.05) is 5.32 Å². The Morgan fingerprint density at radius 3 is 2.62 bits per heavy atom. The molecule has 0 aliphatic heterocycles. The Labute approximate surface area is 122 Å². The molecule has 0 radical (unpaired) electrons. The van der Waals surface area contributed by atoms with Crippen LogP contribution in [0.5, 0.6) is 0 Å². The Bertz CT molecular complexity index is 531. The molecule has 0 bridgehead atoms. The van der Waals surface area contributed by atoms with Gasteiger partial charge in [-0.25, -0.2) is 9.59 Å². The second-order valence-electron chi connectivity index (χ2n) is 4.55. The monoisotopic (exact) mass is 293 g/mol. The molecule has 7 heteroatoms. The molecule has 0 heterocycles. The van der Waals surface area contributed by atoms with E-state index in [1.807, 2.05) is 13.0 Å². The van der Waals surface area contributed by atoms with Gasteiger partial charge in [0.05, 0.1) is 0 Å². The average Bonchev–Trinajstić information content (AvgIpc) is 2.43. The van der Waals surface area contributed by atoms with Crippen LogP contribution in [0.4, 0.5) is 10.5 Å². The fraction of sp³-hybridized carbons (Fsp3) is 0.357. The number of carboxylic acid groups (broad SMARTS) is 1. The number of rotatable bonds is 7.